The van der Waals surface area contributed by atoms with Crippen LogP contribution in [0.5, 0.6) is 0 Å². The number of hydrogen-bond acceptors (Lipinski definition) is 2. The highest BCUT2D eigenvalue weighted by Crippen LogP contribution is 1.94. The van der Waals surface area contributed by atoms with Crippen LogP contribution in [0, 0.1) is 0 Å². The number of rotatable bonds is 7. The Morgan fingerprint density at radius 3 is 2.55 bits per heavy atom. The second-order valence-corrected chi connectivity index (χ2v) is 3.07. The first-order valence-electron chi connectivity index (χ1n) is 3.85. The van der Waals surface area contributed by atoms with Gasteiger partial charge in [-0.1, -0.05) is 6.92 Å². The molecule has 68 valence electrons. The van der Waals surface area contributed by atoms with Crippen LogP contribution in [0.15, 0.2) is 0 Å². The molecule has 0 heterocycles. The van der Waals surface area contributed by atoms with Crippen molar-refractivity contribution in [2.75, 3.05) is 32.2 Å². The Morgan fingerprint density at radius 1 is 1.27 bits per heavy atom. The minimum Gasteiger partial charge on any atom is -0.380 e. The van der Waals surface area contributed by atoms with Crippen LogP contribution in [0.1, 0.15) is 13.3 Å². The van der Waals surface area contributed by atoms with Gasteiger partial charge in [-0.05, 0) is 18.2 Å². The molecule has 0 saturated carbocycles. The van der Waals surface area contributed by atoms with E-state index < -0.39 is 0 Å². The van der Waals surface area contributed by atoms with E-state index in [0.717, 1.165) is 19.6 Å². The molecule has 0 aliphatic carbocycles. The van der Waals surface area contributed by atoms with Crippen molar-refractivity contribution < 1.29 is 4.74 Å². The number of alkyl halides is 1. The summed E-state index contributed by atoms with van der Waals surface area (Å²) >= 11 is 11.2. The zero-order valence-corrected chi connectivity index (χ0v) is 8.37. The summed E-state index contributed by atoms with van der Waals surface area (Å²) in [5, 5.41) is 0. The third-order valence-electron chi connectivity index (χ3n) is 1.15. The zero-order chi connectivity index (χ0) is 8.53. The maximum Gasteiger partial charge on any atom is 0.0606 e. The molecular weight excluding hydrogens is 185 g/mol. The molecule has 11 heavy (non-hydrogen) atoms. The number of nitrogens with zero attached hydrogens (tertiary/aromatic N) is 1. The summed E-state index contributed by atoms with van der Waals surface area (Å²) < 4.78 is 6.87. The Hall–Kier alpha value is 0.500. The Labute approximate surface area is 78.5 Å². The molecule has 0 aliphatic rings. The van der Waals surface area contributed by atoms with E-state index >= 15 is 0 Å². The second kappa shape index (κ2) is 8.60. The third kappa shape index (κ3) is 8.41. The van der Waals surface area contributed by atoms with Crippen molar-refractivity contribution >= 4 is 23.4 Å². The van der Waals surface area contributed by atoms with E-state index in [1.807, 2.05) is 0 Å². The Morgan fingerprint density at radius 2 is 2.00 bits per heavy atom. The van der Waals surface area contributed by atoms with Crippen molar-refractivity contribution in [3.8, 4) is 0 Å². The summed E-state index contributed by atoms with van der Waals surface area (Å²) in [6, 6.07) is 0. The predicted octanol–water partition coefficient (Wildman–Crippen LogP) is 2.11. The van der Waals surface area contributed by atoms with Crippen molar-refractivity contribution in [3.63, 3.8) is 0 Å². The fourth-order valence-corrected chi connectivity index (χ4v) is 1.06. The number of hydrogen-bond donors (Lipinski definition) is 0. The minimum atomic E-state index is 0.567. The molecule has 0 rings (SSSR count). The standard InChI is InChI=1S/C7H15Cl2NO/c1-2-6-11-7-5-10(9)4-3-8/h2-7H2,1H3. The van der Waals surface area contributed by atoms with E-state index in [0.29, 0.717) is 19.0 Å². The summed E-state index contributed by atoms with van der Waals surface area (Å²) in [6.07, 6.45) is 1.05. The van der Waals surface area contributed by atoms with Crippen LogP contribution < -0.4 is 0 Å². The molecule has 0 N–H and O–H groups in total. The molecule has 0 spiro atoms. The summed E-state index contributed by atoms with van der Waals surface area (Å²) in [6.45, 7) is 5.03. The summed E-state index contributed by atoms with van der Waals surface area (Å²) in [5.74, 6) is 0.567. The van der Waals surface area contributed by atoms with Gasteiger partial charge in [-0.2, -0.15) is 0 Å². The van der Waals surface area contributed by atoms with Crippen LogP contribution in [0.25, 0.3) is 0 Å². The lowest BCUT2D eigenvalue weighted by atomic mass is 10.5. The van der Waals surface area contributed by atoms with E-state index in [1.165, 1.54) is 0 Å². The topological polar surface area (TPSA) is 12.5 Å². The van der Waals surface area contributed by atoms with Gasteiger partial charge in [0.2, 0.25) is 0 Å². The maximum atomic E-state index is 5.73. The predicted molar refractivity (Wildman–Crippen MR) is 49.3 cm³/mol. The van der Waals surface area contributed by atoms with E-state index in [9.17, 15) is 0 Å². The molecule has 0 aliphatic heterocycles. The molecule has 4 heteroatoms. The second-order valence-electron chi connectivity index (χ2n) is 2.21. The molecule has 0 fully saturated rings. The van der Waals surface area contributed by atoms with Crippen LogP contribution in [-0.4, -0.2) is 36.6 Å². The van der Waals surface area contributed by atoms with E-state index in [1.54, 1.807) is 4.42 Å². The normalized spacial score (nSPS) is 10.9. The Kier molecular flexibility index (Phi) is 8.99. The highest BCUT2D eigenvalue weighted by atomic mass is 35.5. The third-order valence-corrected chi connectivity index (χ3v) is 1.66. The molecule has 0 saturated heterocycles. The van der Waals surface area contributed by atoms with Gasteiger partial charge in [-0.25, -0.2) is 4.42 Å². The first-order chi connectivity index (χ1) is 5.31. The molecule has 0 radical (unpaired) electrons. The van der Waals surface area contributed by atoms with Gasteiger partial charge in [0.05, 0.1) is 6.61 Å². The lowest BCUT2D eigenvalue weighted by Crippen LogP contribution is -2.20. The molecule has 0 atom stereocenters. The molecule has 0 bridgehead atoms. The van der Waals surface area contributed by atoms with Gasteiger partial charge in [0, 0.05) is 25.6 Å². The van der Waals surface area contributed by atoms with Crippen LogP contribution >= 0.6 is 23.4 Å². The molecule has 0 aromatic heterocycles. The monoisotopic (exact) mass is 199 g/mol. The lowest BCUT2D eigenvalue weighted by Gasteiger charge is -2.10. The quantitative estimate of drug-likeness (QED) is 0.354. The molecule has 0 unspecified atom stereocenters. The lowest BCUT2D eigenvalue weighted by molar-refractivity contribution is 0.125. The molecule has 2 nitrogen and oxygen atoms in total. The highest BCUT2D eigenvalue weighted by molar-refractivity contribution is 6.19. The van der Waals surface area contributed by atoms with Gasteiger partial charge in [-0.3, -0.25) is 0 Å². The van der Waals surface area contributed by atoms with Crippen molar-refractivity contribution in [1.29, 1.82) is 0 Å². The van der Waals surface area contributed by atoms with Crippen molar-refractivity contribution in [1.82, 2.24) is 4.42 Å². The molecule has 0 aromatic carbocycles. The fourth-order valence-electron chi connectivity index (χ4n) is 0.614. The summed E-state index contributed by atoms with van der Waals surface area (Å²) in [7, 11) is 0. The van der Waals surface area contributed by atoms with Gasteiger partial charge in [0.1, 0.15) is 0 Å². The largest absolute Gasteiger partial charge is 0.380 e. The first-order valence-corrected chi connectivity index (χ1v) is 4.73. The van der Waals surface area contributed by atoms with Crippen LogP contribution in [0.3, 0.4) is 0 Å². The van der Waals surface area contributed by atoms with Gasteiger partial charge in [-0.15, -0.1) is 11.6 Å². The average molecular weight is 200 g/mol. The number of halogens is 2. The highest BCUT2D eigenvalue weighted by Gasteiger charge is 1.97. The smallest absolute Gasteiger partial charge is 0.0606 e. The van der Waals surface area contributed by atoms with Crippen LogP contribution in [-0.2, 0) is 4.74 Å². The summed E-state index contributed by atoms with van der Waals surface area (Å²) in [4.78, 5) is 0. The van der Waals surface area contributed by atoms with Gasteiger partial charge >= 0.3 is 0 Å². The van der Waals surface area contributed by atoms with Crippen molar-refractivity contribution in [2.45, 2.75) is 13.3 Å². The zero-order valence-electron chi connectivity index (χ0n) is 6.85. The minimum absolute atomic E-state index is 0.567. The molecular formula is C7H15Cl2NO. The Bertz CT molecular complexity index is 82.8. The number of ether oxygens (including phenoxy) is 1. The van der Waals surface area contributed by atoms with E-state index in [2.05, 4.69) is 6.92 Å². The first kappa shape index (κ1) is 11.5. The van der Waals surface area contributed by atoms with E-state index in [4.69, 9.17) is 28.1 Å². The fraction of sp³-hybridized carbons (Fsp3) is 1.00. The Balaban J connectivity index is 2.97. The van der Waals surface area contributed by atoms with Gasteiger partial charge in [0.25, 0.3) is 0 Å². The van der Waals surface area contributed by atoms with Gasteiger partial charge in [0.15, 0.2) is 0 Å². The summed E-state index contributed by atoms with van der Waals surface area (Å²) in [5.41, 5.74) is 0. The van der Waals surface area contributed by atoms with Crippen LogP contribution in [0.2, 0.25) is 0 Å². The van der Waals surface area contributed by atoms with Crippen LogP contribution in [0.4, 0.5) is 0 Å². The van der Waals surface area contributed by atoms with Gasteiger partial charge < -0.3 is 4.74 Å². The SMILES string of the molecule is CCCOCCN(Cl)CCCl. The van der Waals surface area contributed by atoms with Crippen molar-refractivity contribution in [2.24, 2.45) is 0 Å². The van der Waals surface area contributed by atoms with E-state index in [-0.39, 0.29) is 0 Å². The molecule has 0 amide bonds. The van der Waals surface area contributed by atoms with Crippen molar-refractivity contribution in [3.05, 3.63) is 0 Å². The molecule has 0 aromatic rings. The average Bonchev–Trinajstić information content (AvgIpc) is 1.99. The maximum absolute atomic E-state index is 5.73.